The molecule has 2 atom stereocenters. The lowest BCUT2D eigenvalue weighted by Crippen LogP contribution is -2.39. The molecule has 0 radical (unpaired) electrons. The van der Waals surface area contributed by atoms with Crippen LogP contribution in [0, 0.1) is 11.3 Å². The maximum atomic E-state index is 5.64. The average Bonchev–Trinajstić information content (AvgIpc) is 2.99. The zero-order valence-electron chi connectivity index (χ0n) is 11.9. The van der Waals surface area contributed by atoms with Gasteiger partial charge in [-0.1, -0.05) is 12.8 Å². The molecule has 0 aromatic carbocycles. The van der Waals surface area contributed by atoms with Gasteiger partial charge in [0.05, 0.1) is 6.10 Å². The molecule has 0 aromatic heterocycles. The molecule has 3 fully saturated rings. The van der Waals surface area contributed by atoms with Crippen LogP contribution in [-0.4, -0.2) is 25.3 Å². The van der Waals surface area contributed by atoms with Crippen molar-refractivity contribution in [1.29, 1.82) is 0 Å². The molecular formula is C16H29NO. The van der Waals surface area contributed by atoms with Crippen LogP contribution in [0.5, 0.6) is 0 Å². The van der Waals surface area contributed by atoms with E-state index in [0.29, 0.717) is 6.10 Å². The molecule has 2 unspecified atom stereocenters. The number of ether oxygens (including phenoxy) is 1. The number of hydrogen-bond donors (Lipinski definition) is 1. The predicted molar refractivity (Wildman–Crippen MR) is 74.7 cm³/mol. The lowest BCUT2D eigenvalue weighted by Gasteiger charge is -2.38. The molecule has 1 spiro atoms. The summed E-state index contributed by atoms with van der Waals surface area (Å²) in [6.45, 7) is 4.38. The first-order valence-electron chi connectivity index (χ1n) is 8.12. The Balaban J connectivity index is 1.40. The van der Waals surface area contributed by atoms with Crippen LogP contribution in [0.2, 0.25) is 0 Å². The predicted octanol–water partition coefficient (Wildman–Crippen LogP) is 3.50. The summed E-state index contributed by atoms with van der Waals surface area (Å²) in [5, 5.41) is 3.82. The van der Waals surface area contributed by atoms with Gasteiger partial charge in [-0.2, -0.15) is 0 Å². The Morgan fingerprint density at radius 3 is 2.39 bits per heavy atom. The third-order valence-corrected chi connectivity index (χ3v) is 5.91. The SMILES string of the molecule is CC1OCCC1CNC1CCC2(CCCC2)CC1. The van der Waals surface area contributed by atoms with Gasteiger partial charge < -0.3 is 10.1 Å². The van der Waals surface area contributed by atoms with E-state index in [0.717, 1.165) is 24.0 Å². The minimum atomic E-state index is 0.474. The summed E-state index contributed by atoms with van der Waals surface area (Å²) < 4.78 is 5.64. The summed E-state index contributed by atoms with van der Waals surface area (Å²) in [6.07, 6.45) is 13.6. The monoisotopic (exact) mass is 251 g/mol. The summed E-state index contributed by atoms with van der Waals surface area (Å²) in [5.74, 6) is 0.757. The van der Waals surface area contributed by atoms with Crippen LogP contribution in [0.15, 0.2) is 0 Å². The van der Waals surface area contributed by atoms with Gasteiger partial charge in [0.2, 0.25) is 0 Å². The van der Waals surface area contributed by atoms with Gasteiger partial charge in [-0.15, -0.1) is 0 Å². The molecule has 1 saturated heterocycles. The molecule has 18 heavy (non-hydrogen) atoms. The van der Waals surface area contributed by atoms with Crippen molar-refractivity contribution in [1.82, 2.24) is 5.32 Å². The quantitative estimate of drug-likeness (QED) is 0.829. The molecule has 0 amide bonds. The largest absolute Gasteiger partial charge is 0.378 e. The molecule has 2 nitrogen and oxygen atoms in total. The maximum Gasteiger partial charge on any atom is 0.0588 e. The van der Waals surface area contributed by atoms with Crippen molar-refractivity contribution in [3.63, 3.8) is 0 Å². The molecule has 1 N–H and O–H groups in total. The van der Waals surface area contributed by atoms with Gasteiger partial charge in [-0.05, 0) is 63.2 Å². The zero-order chi connectivity index (χ0) is 12.4. The fourth-order valence-corrected chi connectivity index (χ4v) is 4.42. The molecule has 2 saturated carbocycles. The van der Waals surface area contributed by atoms with Crippen molar-refractivity contribution in [2.24, 2.45) is 11.3 Å². The van der Waals surface area contributed by atoms with Gasteiger partial charge in [-0.3, -0.25) is 0 Å². The minimum absolute atomic E-state index is 0.474. The van der Waals surface area contributed by atoms with E-state index < -0.39 is 0 Å². The molecule has 1 heterocycles. The molecule has 1 aliphatic heterocycles. The topological polar surface area (TPSA) is 21.3 Å². The van der Waals surface area contributed by atoms with Crippen molar-refractivity contribution >= 4 is 0 Å². The smallest absolute Gasteiger partial charge is 0.0588 e. The second kappa shape index (κ2) is 5.50. The Morgan fingerprint density at radius 2 is 1.78 bits per heavy atom. The average molecular weight is 251 g/mol. The third kappa shape index (κ3) is 2.75. The molecule has 3 rings (SSSR count). The van der Waals surface area contributed by atoms with Gasteiger partial charge >= 0.3 is 0 Å². The number of rotatable bonds is 3. The summed E-state index contributed by atoms with van der Waals surface area (Å²) in [6, 6.07) is 0.795. The molecule has 0 bridgehead atoms. The van der Waals surface area contributed by atoms with Crippen molar-refractivity contribution in [3.05, 3.63) is 0 Å². The second-order valence-electron chi connectivity index (χ2n) is 7.01. The second-order valence-corrected chi connectivity index (χ2v) is 7.01. The first-order chi connectivity index (χ1) is 8.77. The van der Waals surface area contributed by atoms with Crippen LogP contribution in [0.25, 0.3) is 0 Å². The number of hydrogen-bond acceptors (Lipinski definition) is 2. The van der Waals surface area contributed by atoms with Gasteiger partial charge in [-0.25, -0.2) is 0 Å². The third-order valence-electron chi connectivity index (χ3n) is 5.91. The number of nitrogens with one attached hydrogen (secondary N) is 1. The lowest BCUT2D eigenvalue weighted by molar-refractivity contribution is 0.102. The normalized spacial score (nSPS) is 36.5. The summed E-state index contributed by atoms with van der Waals surface area (Å²) in [7, 11) is 0. The summed E-state index contributed by atoms with van der Waals surface area (Å²) in [4.78, 5) is 0. The van der Waals surface area contributed by atoms with E-state index in [9.17, 15) is 0 Å². The van der Waals surface area contributed by atoms with Crippen molar-refractivity contribution in [2.45, 2.75) is 76.9 Å². The van der Waals surface area contributed by atoms with Gasteiger partial charge in [0.25, 0.3) is 0 Å². The Bertz CT molecular complexity index is 262. The van der Waals surface area contributed by atoms with Crippen molar-refractivity contribution < 1.29 is 4.74 Å². The highest BCUT2D eigenvalue weighted by Crippen LogP contribution is 2.48. The van der Waals surface area contributed by atoms with Crippen LogP contribution in [0.1, 0.15) is 64.7 Å². The van der Waals surface area contributed by atoms with E-state index in [1.807, 2.05) is 0 Å². The Hall–Kier alpha value is -0.0800. The van der Waals surface area contributed by atoms with Crippen LogP contribution in [-0.2, 0) is 4.74 Å². The zero-order valence-corrected chi connectivity index (χ0v) is 11.9. The lowest BCUT2D eigenvalue weighted by atomic mass is 9.71. The molecular weight excluding hydrogens is 222 g/mol. The molecule has 2 aliphatic carbocycles. The fourth-order valence-electron chi connectivity index (χ4n) is 4.42. The van der Waals surface area contributed by atoms with E-state index >= 15 is 0 Å². The highest BCUT2D eigenvalue weighted by atomic mass is 16.5. The molecule has 2 heteroatoms. The fraction of sp³-hybridized carbons (Fsp3) is 1.00. The van der Waals surface area contributed by atoms with E-state index in [-0.39, 0.29) is 0 Å². The standard InChI is InChI=1S/C16H29NO/c1-13-14(6-11-18-13)12-17-15-4-9-16(10-5-15)7-2-3-8-16/h13-15,17H,2-12H2,1H3. The van der Waals surface area contributed by atoms with Crippen LogP contribution in [0.3, 0.4) is 0 Å². The molecule has 104 valence electrons. The first-order valence-corrected chi connectivity index (χ1v) is 8.12. The highest BCUT2D eigenvalue weighted by molar-refractivity contribution is 4.91. The van der Waals surface area contributed by atoms with E-state index in [2.05, 4.69) is 12.2 Å². The van der Waals surface area contributed by atoms with Crippen LogP contribution >= 0.6 is 0 Å². The molecule has 3 aliphatic rings. The van der Waals surface area contributed by atoms with Crippen molar-refractivity contribution in [2.75, 3.05) is 13.2 Å². The summed E-state index contributed by atoms with van der Waals surface area (Å²) in [5.41, 5.74) is 0.780. The Labute approximate surface area is 112 Å². The first kappa shape index (κ1) is 12.9. The van der Waals surface area contributed by atoms with E-state index in [1.165, 1.54) is 64.3 Å². The Kier molecular flexibility index (Phi) is 3.95. The maximum absolute atomic E-state index is 5.64. The van der Waals surface area contributed by atoms with E-state index in [4.69, 9.17) is 4.74 Å². The van der Waals surface area contributed by atoms with Gasteiger partial charge in [0.1, 0.15) is 0 Å². The highest BCUT2D eigenvalue weighted by Gasteiger charge is 2.37. The molecule has 0 aromatic rings. The van der Waals surface area contributed by atoms with Gasteiger partial charge in [0.15, 0.2) is 0 Å². The van der Waals surface area contributed by atoms with Crippen LogP contribution in [0.4, 0.5) is 0 Å². The Morgan fingerprint density at radius 1 is 1.06 bits per heavy atom. The van der Waals surface area contributed by atoms with Crippen LogP contribution < -0.4 is 5.32 Å². The van der Waals surface area contributed by atoms with Gasteiger partial charge in [0, 0.05) is 19.2 Å². The minimum Gasteiger partial charge on any atom is -0.378 e. The van der Waals surface area contributed by atoms with E-state index in [1.54, 1.807) is 0 Å². The van der Waals surface area contributed by atoms with Crippen molar-refractivity contribution in [3.8, 4) is 0 Å². The summed E-state index contributed by atoms with van der Waals surface area (Å²) >= 11 is 0.